The van der Waals surface area contributed by atoms with Gasteiger partial charge in [0.05, 0.1) is 32.0 Å². The van der Waals surface area contributed by atoms with Crippen molar-refractivity contribution in [3.05, 3.63) is 48.6 Å². The van der Waals surface area contributed by atoms with E-state index in [2.05, 4.69) is 60.9 Å². The second kappa shape index (κ2) is 36.0. The van der Waals surface area contributed by atoms with E-state index in [1.807, 2.05) is 6.08 Å². The van der Waals surface area contributed by atoms with Gasteiger partial charge in [-0.15, -0.1) is 0 Å². The number of phosphoric ester groups is 1. The first-order valence-electron chi connectivity index (χ1n) is 21.7. The molecule has 1 aliphatic rings. The first-order valence-corrected chi connectivity index (χ1v) is 23.2. The SMILES string of the molecule is CCCCC/C=C\CC1OC1C/C=C\C/C=C\CCCC(=O)OC[C@H](COP(=O)(O)OC[C@@H](O)CO)OC(=O)CCCCCCCCC/C=C\CCCCCC. The summed E-state index contributed by atoms with van der Waals surface area (Å²) in [4.78, 5) is 35.0. The summed E-state index contributed by atoms with van der Waals surface area (Å²) in [6.07, 6.45) is 39.6. The van der Waals surface area contributed by atoms with Crippen LogP contribution in [0.1, 0.15) is 168 Å². The molecule has 56 heavy (non-hydrogen) atoms. The summed E-state index contributed by atoms with van der Waals surface area (Å²) < 4.78 is 38.4. The minimum atomic E-state index is -4.63. The monoisotopic (exact) mass is 813 g/mol. The molecule has 0 spiro atoms. The van der Waals surface area contributed by atoms with Crippen molar-refractivity contribution in [2.24, 2.45) is 0 Å². The summed E-state index contributed by atoms with van der Waals surface area (Å²) in [5.41, 5.74) is 0. The van der Waals surface area contributed by atoms with Crippen LogP contribution in [0.15, 0.2) is 48.6 Å². The molecule has 0 aromatic carbocycles. The second-order valence-corrected chi connectivity index (χ2v) is 16.2. The Hall–Kier alpha value is -2.11. The Kier molecular flexibility index (Phi) is 33.4. The highest BCUT2D eigenvalue weighted by molar-refractivity contribution is 7.47. The van der Waals surface area contributed by atoms with Gasteiger partial charge in [0.25, 0.3) is 0 Å². The molecule has 3 unspecified atom stereocenters. The number of carbonyl (C=O) groups is 2. The molecule has 0 aliphatic carbocycles. The Bertz CT molecular complexity index is 1140. The zero-order valence-corrected chi connectivity index (χ0v) is 35.7. The number of carbonyl (C=O) groups excluding carboxylic acids is 2. The maximum absolute atomic E-state index is 12.6. The Morgan fingerprint density at radius 2 is 1.11 bits per heavy atom. The molecule has 1 aliphatic heterocycles. The molecule has 3 N–H and O–H groups in total. The molecule has 0 amide bonds. The average Bonchev–Trinajstić information content (AvgIpc) is 3.94. The van der Waals surface area contributed by atoms with Crippen molar-refractivity contribution in [2.45, 2.75) is 192 Å². The number of esters is 2. The van der Waals surface area contributed by atoms with Crippen LogP contribution in [0.25, 0.3) is 0 Å². The zero-order valence-electron chi connectivity index (χ0n) is 34.8. The second-order valence-electron chi connectivity index (χ2n) is 14.7. The van der Waals surface area contributed by atoms with E-state index in [1.54, 1.807) is 0 Å². The molecular weight excluding hydrogens is 735 g/mol. The number of phosphoric acid groups is 1. The van der Waals surface area contributed by atoms with Crippen molar-refractivity contribution in [3.8, 4) is 0 Å². The Morgan fingerprint density at radius 1 is 0.625 bits per heavy atom. The van der Waals surface area contributed by atoms with Gasteiger partial charge in [0, 0.05) is 12.8 Å². The molecule has 0 bridgehead atoms. The fourth-order valence-electron chi connectivity index (χ4n) is 5.84. The maximum atomic E-state index is 12.6. The standard InChI is InChI=1S/C44H77O11P/c1-3-5-7-9-11-12-13-14-15-16-17-18-21-26-30-34-44(48)54-40(38-53-56(49,50)52-36-39(46)35-45)37-51-43(47)33-29-25-22-19-20-24-28-32-42-41(55-42)31-27-23-10-8-6-4-2/h12-13,19,22-24,27-28,39-42,45-46H,3-11,14-18,20-21,25-26,29-38H2,1-2H3,(H,49,50)/b13-12-,22-19-,27-23-,28-24-/t39-,40+,41?,42?/m0/s1. The zero-order chi connectivity index (χ0) is 41.0. The van der Waals surface area contributed by atoms with Gasteiger partial charge in [-0.25, -0.2) is 4.57 Å². The van der Waals surface area contributed by atoms with E-state index in [-0.39, 0.29) is 19.4 Å². The van der Waals surface area contributed by atoms with Gasteiger partial charge in [-0.3, -0.25) is 18.6 Å². The molecule has 0 aromatic heterocycles. The van der Waals surface area contributed by atoms with Gasteiger partial charge < -0.3 is 29.3 Å². The third-order valence-corrected chi connectivity index (χ3v) is 10.3. The van der Waals surface area contributed by atoms with Crippen LogP contribution in [0.4, 0.5) is 0 Å². The smallest absolute Gasteiger partial charge is 0.462 e. The molecule has 1 heterocycles. The lowest BCUT2D eigenvalue weighted by atomic mass is 10.1. The van der Waals surface area contributed by atoms with Crippen LogP contribution in [0.5, 0.6) is 0 Å². The Labute approximate surface area is 338 Å². The average molecular weight is 813 g/mol. The van der Waals surface area contributed by atoms with E-state index in [9.17, 15) is 24.2 Å². The highest BCUT2D eigenvalue weighted by Gasteiger charge is 2.36. The normalized spacial score (nSPS) is 17.9. The predicted molar refractivity (Wildman–Crippen MR) is 223 cm³/mol. The molecule has 12 heteroatoms. The number of epoxide rings is 1. The van der Waals surface area contributed by atoms with Gasteiger partial charge in [0.2, 0.25) is 0 Å². The number of allylic oxidation sites excluding steroid dienone is 6. The summed E-state index contributed by atoms with van der Waals surface area (Å²) in [5, 5.41) is 18.3. The predicted octanol–water partition coefficient (Wildman–Crippen LogP) is 10.3. The number of unbranched alkanes of at least 4 members (excludes halogenated alkanes) is 15. The van der Waals surface area contributed by atoms with Crippen molar-refractivity contribution in [1.82, 2.24) is 0 Å². The van der Waals surface area contributed by atoms with Crippen molar-refractivity contribution in [2.75, 3.05) is 26.4 Å². The van der Waals surface area contributed by atoms with Crippen LogP contribution in [0.2, 0.25) is 0 Å². The van der Waals surface area contributed by atoms with E-state index < -0.39 is 51.8 Å². The van der Waals surface area contributed by atoms with Crippen molar-refractivity contribution >= 4 is 19.8 Å². The topological polar surface area (TPSA) is 161 Å². The van der Waals surface area contributed by atoms with Gasteiger partial charge in [-0.2, -0.15) is 0 Å². The number of aliphatic hydroxyl groups excluding tert-OH is 2. The van der Waals surface area contributed by atoms with Crippen LogP contribution in [-0.4, -0.2) is 77.9 Å². The van der Waals surface area contributed by atoms with Crippen molar-refractivity contribution in [3.63, 3.8) is 0 Å². The summed E-state index contributed by atoms with van der Waals surface area (Å²) in [7, 11) is -4.63. The quantitative estimate of drug-likeness (QED) is 0.0178. The molecular formula is C44H77O11P. The third-order valence-electron chi connectivity index (χ3n) is 9.36. The molecule has 0 saturated carbocycles. The number of hydrogen-bond donors (Lipinski definition) is 3. The van der Waals surface area contributed by atoms with Gasteiger partial charge in [0.15, 0.2) is 6.10 Å². The van der Waals surface area contributed by atoms with Gasteiger partial charge in [0.1, 0.15) is 12.7 Å². The molecule has 5 atom stereocenters. The Morgan fingerprint density at radius 3 is 1.77 bits per heavy atom. The third kappa shape index (κ3) is 32.9. The lowest BCUT2D eigenvalue weighted by Crippen LogP contribution is -2.29. The summed E-state index contributed by atoms with van der Waals surface area (Å²) in [5.74, 6) is -1.00. The van der Waals surface area contributed by atoms with E-state index in [1.165, 1.54) is 70.6 Å². The molecule has 1 rings (SSSR count). The fraction of sp³-hybridized carbons (Fsp3) is 0.773. The molecule has 0 radical (unpaired) electrons. The van der Waals surface area contributed by atoms with Gasteiger partial charge >= 0.3 is 19.8 Å². The molecule has 1 fully saturated rings. The van der Waals surface area contributed by atoms with E-state index in [4.69, 9.17) is 23.8 Å². The summed E-state index contributed by atoms with van der Waals surface area (Å²) in [6, 6.07) is 0. The lowest BCUT2D eigenvalue weighted by molar-refractivity contribution is -0.161. The highest BCUT2D eigenvalue weighted by atomic mass is 31.2. The van der Waals surface area contributed by atoms with Crippen LogP contribution >= 0.6 is 7.82 Å². The maximum Gasteiger partial charge on any atom is 0.472 e. The van der Waals surface area contributed by atoms with E-state index in [0.29, 0.717) is 31.5 Å². The summed E-state index contributed by atoms with van der Waals surface area (Å²) in [6.45, 7) is 2.25. The number of hydrogen-bond acceptors (Lipinski definition) is 10. The Balaban J connectivity index is 2.29. The van der Waals surface area contributed by atoms with E-state index in [0.717, 1.165) is 51.4 Å². The summed E-state index contributed by atoms with van der Waals surface area (Å²) >= 11 is 0. The first-order chi connectivity index (χ1) is 27.2. The first kappa shape index (κ1) is 51.9. The van der Waals surface area contributed by atoms with Crippen LogP contribution in [-0.2, 0) is 37.4 Å². The fourth-order valence-corrected chi connectivity index (χ4v) is 6.63. The highest BCUT2D eigenvalue weighted by Crippen LogP contribution is 2.43. The van der Waals surface area contributed by atoms with Gasteiger partial charge in [-0.1, -0.05) is 127 Å². The molecule has 324 valence electrons. The molecule has 1 saturated heterocycles. The number of ether oxygens (including phenoxy) is 3. The number of rotatable bonds is 39. The van der Waals surface area contributed by atoms with Crippen molar-refractivity contribution < 1.29 is 52.5 Å². The van der Waals surface area contributed by atoms with Crippen LogP contribution < -0.4 is 0 Å². The van der Waals surface area contributed by atoms with Gasteiger partial charge in [-0.05, 0) is 77.0 Å². The van der Waals surface area contributed by atoms with Crippen LogP contribution in [0.3, 0.4) is 0 Å². The largest absolute Gasteiger partial charge is 0.472 e. The number of aliphatic hydroxyl groups is 2. The van der Waals surface area contributed by atoms with E-state index >= 15 is 0 Å². The molecule has 0 aromatic rings. The van der Waals surface area contributed by atoms with Crippen molar-refractivity contribution in [1.29, 1.82) is 0 Å². The minimum Gasteiger partial charge on any atom is -0.462 e. The lowest BCUT2D eigenvalue weighted by Gasteiger charge is -2.20. The minimum absolute atomic E-state index is 0.158. The van der Waals surface area contributed by atoms with Crippen LogP contribution in [0, 0.1) is 0 Å². The molecule has 11 nitrogen and oxygen atoms in total.